The van der Waals surface area contributed by atoms with Gasteiger partial charge in [-0.1, -0.05) is 180 Å². The minimum atomic E-state index is -2.55. The smallest absolute Gasteiger partial charge is 0.220 e. The van der Waals surface area contributed by atoms with Gasteiger partial charge < -0.3 is 224 Å². The van der Waals surface area contributed by atoms with Gasteiger partial charge in [0.15, 0.2) is 56.6 Å². The third-order valence-electron chi connectivity index (χ3n) is 28.0. The fourth-order valence-electron chi connectivity index (χ4n) is 19.4. The van der Waals surface area contributed by atoms with E-state index < -0.39 is 346 Å². The zero-order chi connectivity index (χ0) is 104. The minimum absolute atomic E-state index is 0.128. The SMILES string of the molecule is CCCCCCCCCCCCC/C=C/[C@@H](O)[C@H](CO[C@@H]1OC(CO)[C@@H](O[C@@H]2OC(CO)[C@H](O)[C@H](O[C@@H]3OC(CO)[C@@H](O[C@H]4OC(C)[C@@H](O)C(O)[C@@H]4O)[C@H](O[C@@H]4OC(CO)[C@H](O)[C@H](O[C@@H]5OC(CO)[C@@H](O[C@@H]6OC(CO)[C@H](O)[C@H](O)C6O[C@H]6OC(C)[C@@H](O)C(O)[C@@H]6O)[C@H](O[C@H]6OC(C)[C@@H](O)C(O)[C@@H]6O)C5NC(C)=O)C4O)C3NC(C)=O)C2O)[C@H](O)C1O)NC(=O)CCCCCCCCCCCCCCCCC. The summed E-state index contributed by atoms with van der Waals surface area (Å²) in [6.07, 6.45) is -55.4. The van der Waals surface area contributed by atoms with Crippen LogP contribution < -0.4 is 16.0 Å². The first-order chi connectivity index (χ1) is 67.9. The van der Waals surface area contributed by atoms with Crippen LogP contribution in [0.2, 0.25) is 0 Å². The quantitative estimate of drug-likeness (QED) is 0.0199. The number of hydrogen-bond donors (Lipinski definition) is 27. The Labute approximate surface area is 827 Å². The maximum atomic E-state index is 13.9. The molecule has 9 aliphatic rings. The van der Waals surface area contributed by atoms with Gasteiger partial charge in [0.2, 0.25) is 17.7 Å². The zero-order valence-electron chi connectivity index (χ0n) is 82.3. The van der Waals surface area contributed by atoms with Crippen molar-refractivity contribution < 1.29 is 222 Å². The highest BCUT2D eigenvalue weighted by Gasteiger charge is 2.62. The molecule has 9 rings (SSSR count). The summed E-state index contributed by atoms with van der Waals surface area (Å²) in [5, 5.41) is 282. The third kappa shape index (κ3) is 33.5. The van der Waals surface area contributed by atoms with Crippen LogP contribution in [-0.2, 0) is 99.6 Å². The number of aliphatic hydroxyl groups excluding tert-OH is 24. The van der Waals surface area contributed by atoms with Gasteiger partial charge in [-0.05, 0) is 40.0 Å². The van der Waals surface area contributed by atoms with Gasteiger partial charge in [-0.15, -0.1) is 0 Å². The summed E-state index contributed by atoms with van der Waals surface area (Å²) in [4.78, 5) is 41.3. The molecule has 142 heavy (non-hydrogen) atoms. The molecule has 48 nitrogen and oxygen atoms in total. The first-order valence-corrected chi connectivity index (χ1v) is 51.1. The molecule has 18 unspecified atom stereocenters. The van der Waals surface area contributed by atoms with Crippen LogP contribution in [0.25, 0.3) is 0 Å². The van der Waals surface area contributed by atoms with Crippen molar-refractivity contribution in [1.82, 2.24) is 16.0 Å². The molecule has 0 aromatic heterocycles. The van der Waals surface area contributed by atoms with Crippen molar-refractivity contribution in [1.29, 1.82) is 0 Å². The monoisotopic (exact) mass is 2060 g/mol. The molecule has 47 atom stereocenters. The fourth-order valence-corrected chi connectivity index (χ4v) is 19.4. The summed E-state index contributed by atoms with van der Waals surface area (Å²) < 4.78 is 111. The van der Waals surface area contributed by atoms with Crippen molar-refractivity contribution in [3.05, 3.63) is 12.2 Å². The first-order valence-electron chi connectivity index (χ1n) is 51.1. The van der Waals surface area contributed by atoms with Crippen molar-refractivity contribution in [2.75, 3.05) is 46.2 Å². The van der Waals surface area contributed by atoms with Crippen LogP contribution in [0.3, 0.4) is 0 Å². The van der Waals surface area contributed by atoms with Gasteiger partial charge >= 0.3 is 0 Å². The summed E-state index contributed by atoms with van der Waals surface area (Å²) in [7, 11) is 0. The molecule has 0 aromatic rings. The largest absolute Gasteiger partial charge is 0.394 e. The van der Waals surface area contributed by atoms with E-state index >= 15 is 0 Å². The summed E-state index contributed by atoms with van der Waals surface area (Å²) in [6.45, 7) is 2.65. The average molecular weight is 2060 g/mol. The lowest BCUT2D eigenvalue weighted by Gasteiger charge is -2.53. The number of rotatable bonds is 58. The second kappa shape index (κ2) is 61.2. The van der Waals surface area contributed by atoms with Crippen molar-refractivity contribution in [3.8, 4) is 0 Å². The molecular formula is C94H167N3O45. The molecule has 828 valence electrons. The maximum Gasteiger partial charge on any atom is 0.220 e. The van der Waals surface area contributed by atoms with Crippen molar-refractivity contribution in [2.45, 2.75) is 517 Å². The normalized spacial score (nSPS) is 41.7. The summed E-state index contributed by atoms with van der Waals surface area (Å²) in [5.74, 6) is -2.41. The molecule has 0 bridgehead atoms. The van der Waals surface area contributed by atoms with Crippen LogP contribution in [0, 0.1) is 0 Å². The van der Waals surface area contributed by atoms with E-state index in [1.54, 1.807) is 6.08 Å². The molecule has 0 saturated carbocycles. The van der Waals surface area contributed by atoms with Gasteiger partial charge in [0.05, 0.1) is 76.7 Å². The number of aliphatic hydroxyl groups is 24. The molecule has 9 saturated heterocycles. The van der Waals surface area contributed by atoms with Crippen molar-refractivity contribution >= 4 is 17.7 Å². The van der Waals surface area contributed by atoms with E-state index in [2.05, 4.69) is 29.8 Å². The lowest BCUT2D eigenvalue weighted by Crippen LogP contribution is -2.72. The number of hydrogen-bond acceptors (Lipinski definition) is 45. The Morgan fingerprint density at radius 1 is 0.289 bits per heavy atom. The topological polar surface area (TPSA) is 739 Å². The van der Waals surface area contributed by atoms with E-state index in [0.29, 0.717) is 12.8 Å². The number of ether oxygens (including phenoxy) is 18. The van der Waals surface area contributed by atoms with Crippen LogP contribution >= 0.6 is 0 Å². The highest BCUT2D eigenvalue weighted by atomic mass is 16.8. The van der Waals surface area contributed by atoms with E-state index in [1.165, 1.54) is 117 Å². The minimum Gasteiger partial charge on any atom is -0.394 e. The van der Waals surface area contributed by atoms with Crippen LogP contribution in [-0.4, -0.2) is 475 Å². The van der Waals surface area contributed by atoms with E-state index in [0.717, 1.165) is 78.1 Å². The Hall–Kier alpha value is -3.53. The molecule has 9 heterocycles. The standard InChI is InChI=1S/C94H167N3O45/c1-8-10-12-14-16-18-20-22-23-25-27-29-31-33-35-37-58(107)97-50(51(106)36-34-32-30-28-26-24-21-19-17-15-13-11-9-2)44-125-88-75(122)71(118)78(55(41-101)134-88)135-92-76(123)83(65(112)53(39-99)129-92)140-86-59(95-48(6)104)81(79(56(42-102)132-86)136-89-72(119)67(114)61(108)45(3)126-89)139-93-77(124)84(66(113)54(40-100)130-93)141-87-60(96-49(7)105)82(138-90-73(120)68(115)62(109)46(4)127-90)80(57(43-103)133-87)137-94-85(70(117)64(111)52(38-98)131-94)142-91-74(121)69(116)63(110)47(5)128-91/h34,36,45-47,50-57,59-94,98-103,106,108-124H,8-33,35,37-44H2,1-7H3,(H,95,104)(H,96,105)(H,97,107)/b36-34+/t45?,46?,47?,50-,51+,52?,53?,54?,55?,56?,57?,59?,60?,61+,62+,63+,64-,65-,66-,67?,68?,69?,70-,71+,72-,73-,74-,75?,76?,77?,78+,79+,80+,81+,82+,83-,84-,85?,86-,87-,88+,89+,90+,91+,92-,93-,94-/m0/s1. The summed E-state index contributed by atoms with van der Waals surface area (Å²) in [5.41, 5.74) is 0. The number of nitrogens with one attached hydrogen (secondary N) is 3. The number of amides is 3. The molecule has 27 N–H and O–H groups in total. The van der Waals surface area contributed by atoms with Crippen molar-refractivity contribution in [3.63, 3.8) is 0 Å². The summed E-state index contributed by atoms with van der Waals surface area (Å²) in [6, 6.07) is -5.29. The van der Waals surface area contributed by atoms with Gasteiger partial charge in [-0.3, -0.25) is 14.4 Å². The lowest BCUT2D eigenvalue weighted by molar-refractivity contribution is -0.404. The van der Waals surface area contributed by atoms with Gasteiger partial charge in [0, 0.05) is 20.3 Å². The van der Waals surface area contributed by atoms with Gasteiger partial charge in [-0.2, -0.15) is 0 Å². The molecule has 0 radical (unpaired) electrons. The first kappa shape index (κ1) is 122. The molecule has 0 aromatic carbocycles. The Morgan fingerprint density at radius 3 is 0.958 bits per heavy atom. The second-order valence-electron chi connectivity index (χ2n) is 39.0. The Balaban J connectivity index is 0.958. The number of unbranched alkanes of at least 4 members (excludes halogenated alkanes) is 25. The molecule has 9 aliphatic heterocycles. The van der Waals surface area contributed by atoms with Gasteiger partial charge in [-0.25, -0.2) is 0 Å². The van der Waals surface area contributed by atoms with E-state index in [9.17, 15) is 137 Å². The van der Waals surface area contributed by atoms with E-state index in [4.69, 9.17) is 85.3 Å². The van der Waals surface area contributed by atoms with E-state index in [-0.39, 0.29) is 12.3 Å². The zero-order valence-corrected chi connectivity index (χ0v) is 82.3. The summed E-state index contributed by atoms with van der Waals surface area (Å²) >= 11 is 0. The van der Waals surface area contributed by atoms with Crippen LogP contribution in [0.4, 0.5) is 0 Å². The predicted octanol–water partition coefficient (Wildman–Crippen LogP) is -5.87. The Bertz CT molecular complexity index is 3550. The fraction of sp³-hybridized carbons (Fsp3) is 0.947. The average Bonchev–Trinajstić information content (AvgIpc) is 0.753. The molecule has 48 heteroatoms. The number of carbonyl (C=O) groups excluding carboxylic acids is 3. The molecule has 3 amide bonds. The van der Waals surface area contributed by atoms with Crippen molar-refractivity contribution in [2.24, 2.45) is 0 Å². The number of allylic oxidation sites excluding steroid dienone is 1. The molecular weight excluding hydrogens is 1890 g/mol. The van der Waals surface area contributed by atoms with Crippen LogP contribution in [0.15, 0.2) is 12.2 Å². The predicted molar refractivity (Wildman–Crippen MR) is 487 cm³/mol. The highest BCUT2D eigenvalue weighted by molar-refractivity contribution is 5.76. The van der Waals surface area contributed by atoms with Crippen LogP contribution in [0.1, 0.15) is 228 Å². The second-order valence-corrected chi connectivity index (χ2v) is 39.0. The molecule has 0 aliphatic carbocycles. The van der Waals surface area contributed by atoms with E-state index in [1.807, 2.05) is 6.08 Å². The van der Waals surface area contributed by atoms with Gasteiger partial charge in [0.1, 0.15) is 201 Å². The van der Waals surface area contributed by atoms with Crippen LogP contribution in [0.5, 0.6) is 0 Å². The Kier molecular flexibility index (Phi) is 52.6. The highest BCUT2D eigenvalue weighted by Crippen LogP contribution is 2.42. The van der Waals surface area contributed by atoms with Gasteiger partial charge in [0.25, 0.3) is 0 Å². The third-order valence-corrected chi connectivity index (χ3v) is 28.0. The number of carbonyl (C=O) groups is 3. The molecule has 0 spiro atoms. The Morgan fingerprint density at radius 2 is 0.577 bits per heavy atom. The maximum absolute atomic E-state index is 13.9. The lowest BCUT2D eigenvalue weighted by atomic mass is 9.93. The molecule has 9 fully saturated rings.